The Labute approximate surface area is 95.1 Å². The van der Waals surface area contributed by atoms with Gasteiger partial charge in [-0.25, -0.2) is 4.98 Å². The van der Waals surface area contributed by atoms with Crippen molar-refractivity contribution in [1.29, 1.82) is 0 Å². The molecule has 2 heterocycles. The summed E-state index contributed by atoms with van der Waals surface area (Å²) in [6, 6.07) is 0.665. The van der Waals surface area contributed by atoms with Gasteiger partial charge in [0.2, 0.25) is 5.91 Å². The lowest BCUT2D eigenvalue weighted by molar-refractivity contribution is -0.119. The highest BCUT2D eigenvalue weighted by molar-refractivity contribution is 5.79. The summed E-state index contributed by atoms with van der Waals surface area (Å²) in [6.07, 6.45) is 8.89. The van der Waals surface area contributed by atoms with Gasteiger partial charge >= 0.3 is 0 Å². The first kappa shape index (κ1) is 9.87. The average Bonchev–Trinajstić information content (AvgIpc) is 2.89. The zero-order valence-corrected chi connectivity index (χ0v) is 9.57. The van der Waals surface area contributed by atoms with Crippen molar-refractivity contribution in [2.24, 2.45) is 0 Å². The number of hydrogen-bond acceptors (Lipinski definition) is 2. The number of nitrogens with zero attached hydrogens (tertiary/aromatic N) is 2. The van der Waals surface area contributed by atoms with Crippen LogP contribution in [-0.4, -0.2) is 21.0 Å². The Balaban J connectivity index is 1.78. The summed E-state index contributed by atoms with van der Waals surface area (Å²) >= 11 is 0. The summed E-state index contributed by atoms with van der Waals surface area (Å²) in [4.78, 5) is 15.5. The molecule has 1 aliphatic carbocycles. The van der Waals surface area contributed by atoms with Gasteiger partial charge in [-0.3, -0.25) is 4.79 Å². The van der Waals surface area contributed by atoms with E-state index in [4.69, 9.17) is 0 Å². The van der Waals surface area contributed by atoms with Gasteiger partial charge in [-0.05, 0) is 26.2 Å². The zero-order valence-electron chi connectivity index (χ0n) is 9.57. The molecule has 4 nitrogen and oxygen atoms in total. The Morgan fingerprint density at radius 3 is 3.06 bits per heavy atom. The van der Waals surface area contributed by atoms with Gasteiger partial charge in [0, 0.05) is 36.3 Å². The van der Waals surface area contributed by atoms with Crippen molar-refractivity contribution in [2.75, 3.05) is 0 Å². The molecular weight excluding hydrogens is 202 g/mol. The fourth-order valence-corrected chi connectivity index (χ4v) is 2.53. The molecule has 4 heteroatoms. The fourth-order valence-electron chi connectivity index (χ4n) is 2.53. The molecule has 1 amide bonds. The van der Waals surface area contributed by atoms with Crippen LogP contribution in [0.2, 0.25) is 0 Å². The molecule has 16 heavy (non-hydrogen) atoms. The molecule has 1 saturated heterocycles. The van der Waals surface area contributed by atoms with Gasteiger partial charge in [-0.2, -0.15) is 0 Å². The average molecular weight is 219 g/mol. The van der Waals surface area contributed by atoms with E-state index in [1.54, 1.807) is 0 Å². The maximum absolute atomic E-state index is 11.3. The SMILES string of the molecule is CC1(Cc2cncn2C2CC2)CCC(=O)N1. The Bertz CT molecular complexity index is 422. The van der Waals surface area contributed by atoms with Gasteiger partial charge in [-0.1, -0.05) is 0 Å². The number of imidazole rings is 1. The molecule has 0 bridgehead atoms. The first-order valence-corrected chi connectivity index (χ1v) is 5.98. The largest absolute Gasteiger partial charge is 0.351 e. The predicted octanol–water partition coefficient (Wildman–Crippen LogP) is 1.43. The van der Waals surface area contributed by atoms with Crippen LogP contribution in [0.3, 0.4) is 0 Å². The van der Waals surface area contributed by atoms with Gasteiger partial charge in [0.25, 0.3) is 0 Å². The van der Waals surface area contributed by atoms with Crippen LogP contribution in [0.15, 0.2) is 12.5 Å². The van der Waals surface area contributed by atoms with Crippen LogP contribution in [0.1, 0.15) is 44.3 Å². The highest BCUT2D eigenvalue weighted by Crippen LogP contribution is 2.36. The number of aromatic nitrogens is 2. The summed E-state index contributed by atoms with van der Waals surface area (Å²) < 4.78 is 2.27. The lowest BCUT2D eigenvalue weighted by atomic mass is 9.94. The summed E-state index contributed by atoms with van der Waals surface area (Å²) in [6.45, 7) is 2.13. The smallest absolute Gasteiger partial charge is 0.220 e. The molecule has 2 fully saturated rings. The van der Waals surface area contributed by atoms with Gasteiger partial charge in [0.05, 0.1) is 6.33 Å². The Morgan fingerprint density at radius 1 is 1.62 bits per heavy atom. The van der Waals surface area contributed by atoms with Crippen LogP contribution in [0, 0.1) is 0 Å². The number of rotatable bonds is 3. The van der Waals surface area contributed by atoms with Crippen molar-refractivity contribution < 1.29 is 4.79 Å². The van der Waals surface area contributed by atoms with Gasteiger partial charge in [0.15, 0.2) is 0 Å². The summed E-state index contributed by atoms with van der Waals surface area (Å²) in [7, 11) is 0. The van der Waals surface area contributed by atoms with Crippen molar-refractivity contribution >= 4 is 5.91 Å². The summed E-state index contributed by atoms with van der Waals surface area (Å²) in [5, 5.41) is 3.08. The summed E-state index contributed by atoms with van der Waals surface area (Å²) in [5.41, 5.74) is 1.19. The maximum Gasteiger partial charge on any atom is 0.220 e. The molecule has 1 aromatic heterocycles. The van der Waals surface area contributed by atoms with E-state index >= 15 is 0 Å². The van der Waals surface area contributed by atoms with E-state index in [2.05, 4.69) is 21.8 Å². The van der Waals surface area contributed by atoms with Crippen molar-refractivity contribution in [2.45, 2.75) is 50.6 Å². The summed E-state index contributed by atoms with van der Waals surface area (Å²) in [5.74, 6) is 0.181. The topological polar surface area (TPSA) is 46.9 Å². The van der Waals surface area contributed by atoms with Crippen LogP contribution in [0.5, 0.6) is 0 Å². The molecule has 1 aliphatic heterocycles. The third-order valence-corrected chi connectivity index (χ3v) is 3.60. The van der Waals surface area contributed by atoms with Crippen LogP contribution < -0.4 is 5.32 Å². The van der Waals surface area contributed by atoms with Crippen molar-refractivity contribution in [3.63, 3.8) is 0 Å². The molecule has 0 aromatic carbocycles. The minimum Gasteiger partial charge on any atom is -0.351 e. The van der Waals surface area contributed by atoms with Crippen LogP contribution in [0.4, 0.5) is 0 Å². The number of carbonyl (C=O) groups is 1. The monoisotopic (exact) mass is 219 g/mol. The molecule has 1 N–H and O–H groups in total. The lowest BCUT2D eigenvalue weighted by Crippen LogP contribution is -2.40. The van der Waals surface area contributed by atoms with Crippen molar-refractivity contribution in [3.05, 3.63) is 18.2 Å². The van der Waals surface area contributed by atoms with Crippen molar-refractivity contribution in [1.82, 2.24) is 14.9 Å². The van der Waals surface area contributed by atoms with Gasteiger partial charge in [-0.15, -0.1) is 0 Å². The Morgan fingerprint density at radius 2 is 2.44 bits per heavy atom. The molecule has 0 spiro atoms. The molecule has 1 atom stereocenters. The van der Waals surface area contributed by atoms with E-state index in [1.807, 2.05) is 12.5 Å². The van der Waals surface area contributed by atoms with Crippen LogP contribution in [-0.2, 0) is 11.2 Å². The second-order valence-electron chi connectivity index (χ2n) is 5.31. The van der Waals surface area contributed by atoms with Crippen molar-refractivity contribution in [3.8, 4) is 0 Å². The predicted molar refractivity (Wildman–Crippen MR) is 60.0 cm³/mol. The second-order valence-corrected chi connectivity index (χ2v) is 5.31. The normalized spacial score (nSPS) is 29.4. The van der Waals surface area contributed by atoms with Crippen LogP contribution >= 0.6 is 0 Å². The first-order chi connectivity index (χ1) is 7.66. The Hall–Kier alpha value is -1.32. The lowest BCUT2D eigenvalue weighted by Gasteiger charge is -2.24. The second kappa shape index (κ2) is 3.34. The number of hydrogen-bond donors (Lipinski definition) is 1. The fraction of sp³-hybridized carbons (Fsp3) is 0.667. The zero-order chi connectivity index (χ0) is 11.2. The first-order valence-electron chi connectivity index (χ1n) is 5.98. The minimum atomic E-state index is -0.0657. The van der Waals surface area contributed by atoms with Gasteiger partial charge < -0.3 is 9.88 Å². The molecule has 1 aromatic rings. The van der Waals surface area contributed by atoms with E-state index in [0.29, 0.717) is 12.5 Å². The number of nitrogens with one attached hydrogen (secondary N) is 1. The molecular formula is C12H17N3O. The third kappa shape index (κ3) is 1.72. The van der Waals surface area contributed by atoms with Crippen LogP contribution in [0.25, 0.3) is 0 Å². The number of amides is 1. The number of carbonyl (C=O) groups excluding carboxylic acids is 1. The Kier molecular flexibility index (Phi) is 2.06. The molecule has 1 unspecified atom stereocenters. The molecule has 1 saturated carbocycles. The molecule has 2 aliphatic rings. The van der Waals surface area contributed by atoms with E-state index in [9.17, 15) is 4.79 Å². The minimum absolute atomic E-state index is 0.0657. The van der Waals surface area contributed by atoms with Gasteiger partial charge in [0.1, 0.15) is 0 Å². The molecule has 0 radical (unpaired) electrons. The standard InChI is InChI=1S/C12H17N3O/c1-12(5-4-11(16)14-12)6-10-7-13-8-15(10)9-2-3-9/h7-9H,2-6H2,1H3,(H,14,16). The van der Waals surface area contributed by atoms with E-state index < -0.39 is 0 Å². The third-order valence-electron chi connectivity index (χ3n) is 3.60. The van der Waals surface area contributed by atoms with E-state index in [0.717, 1.165) is 12.8 Å². The highest BCUT2D eigenvalue weighted by atomic mass is 16.2. The van der Waals surface area contributed by atoms with E-state index in [1.165, 1.54) is 18.5 Å². The highest BCUT2D eigenvalue weighted by Gasteiger charge is 2.35. The molecule has 3 rings (SSSR count). The van der Waals surface area contributed by atoms with E-state index in [-0.39, 0.29) is 11.4 Å². The molecule has 86 valence electrons. The quantitative estimate of drug-likeness (QED) is 0.836. The maximum atomic E-state index is 11.3.